The van der Waals surface area contributed by atoms with E-state index >= 15 is 0 Å². The van der Waals surface area contributed by atoms with Gasteiger partial charge in [0.25, 0.3) is 0 Å². The Kier molecular flexibility index (Phi) is 7.28. The molecular formula is C25H25F4N9O. The van der Waals surface area contributed by atoms with Crippen molar-refractivity contribution in [3.8, 4) is 28.4 Å². The van der Waals surface area contributed by atoms with E-state index in [2.05, 4.69) is 30.6 Å². The lowest BCUT2D eigenvalue weighted by atomic mass is 10.0. The molecule has 204 valence electrons. The van der Waals surface area contributed by atoms with Crippen molar-refractivity contribution in [3.63, 3.8) is 0 Å². The Labute approximate surface area is 220 Å². The molecule has 1 fully saturated rings. The van der Waals surface area contributed by atoms with Crippen molar-refractivity contribution >= 4 is 17.3 Å². The van der Waals surface area contributed by atoms with Crippen molar-refractivity contribution in [2.24, 2.45) is 5.73 Å². The van der Waals surface area contributed by atoms with E-state index in [0.29, 0.717) is 41.7 Å². The number of benzene rings is 1. The molecule has 10 nitrogen and oxygen atoms in total. The highest BCUT2D eigenvalue weighted by molar-refractivity contribution is 5.77. The third-order valence-corrected chi connectivity index (χ3v) is 6.15. The van der Waals surface area contributed by atoms with Gasteiger partial charge in [0.15, 0.2) is 11.6 Å². The SMILES string of the molecule is COc1cccc(F)c1-c1nccc(Nc2cc(N3CCC[C@H](N)C3)c(-c3cnn(CC(F)(F)F)c3)nn2)n1. The van der Waals surface area contributed by atoms with Crippen molar-refractivity contribution in [2.45, 2.75) is 31.6 Å². The van der Waals surface area contributed by atoms with E-state index in [1.807, 2.05) is 4.90 Å². The molecule has 1 aliphatic heterocycles. The maximum absolute atomic E-state index is 14.6. The number of ether oxygens (including phenoxy) is 1. The van der Waals surface area contributed by atoms with Crippen LogP contribution in [-0.4, -0.2) is 62.4 Å². The Morgan fingerprint density at radius 3 is 2.79 bits per heavy atom. The Hall–Kier alpha value is -4.33. The number of halogens is 4. The van der Waals surface area contributed by atoms with Crippen LogP contribution in [0.15, 0.2) is 48.9 Å². The molecule has 3 N–H and O–H groups in total. The Balaban J connectivity index is 1.48. The molecule has 0 radical (unpaired) electrons. The minimum atomic E-state index is -4.41. The third-order valence-electron chi connectivity index (χ3n) is 6.15. The quantitative estimate of drug-likeness (QED) is 0.331. The lowest BCUT2D eigenvalue weighted by Gasteiger charge is -2.33. The molecule has 3 aromatic heterocycles. The summed E-state index contributed by atoms with van der Waals surface area (Å²) >= 11 is 0. The molecule has 4 heterocycles. The van der Waals surface area contributed by atoms with Gasteiger partial charge in [-0.15, -0.1) is 10.2 Å². The first-order valence-electron chi connectivity index (χ1n) is 12.1. The molecule has 0 unspecified atom stereocenters. The minimum Gasteiger partial charge on any atom is -0.496 e. The number of anilines is 3. The number of hydrogen-bond donors (Lipinski definition) is 2. The van der Waals surface area contributed by atoms with E-state index in [0.717, 1.165) is 17.5 Å². The molecule has 1 atom stereocenters. The Morgan fingerprint density at radius 1 is 1.18 bits per heavy atom. The topological polar surface area (TPSA) is 120 Å². The summed E-state index contributed by atoms with van der Waals surface area (Å²) in [4.78, 5) is 10.6. The van der Waals surface area contributed by atoms with Crippen LogP contribution in [0.5, 0.6) is 5.75 Å². The van der Waals surface area contributed by atoms with E-state index in [1.54, 1.807) is 18.2 Å². The fourth-order valence-corrected chi connectivity index (χ4v) is 4.45. The number of alkyl halides is 3. The van der Waals surface area contributed by atoms with Crippen LogP contribution in [0.1, 0.15) is 12.8 Å². The first kappa shape index (κ1) is 26.3. The summed E-state index contributed by atoms with van der Waals surface area (Å²) in [7, 11) is 1.43. The Bertz CT molecular complexity index is 1460. The van der Waals surface area contributed by atoms with E-state index in [4.69, 9.17) is 10.5 Å². The largest absolute Gasteiger partial charge is 0.496 e. The van der Waals surface area contributed by atoms with Gasteiger partial charge in [0, 0.05) is 43.2 Å². The summed E-state index contributed by atoms with van der Waals surface area (Å²) < 4.78 is 59.3. The summed E-state index contributed by atoms with van der Waals surface area (Å²) in [5.41, 5.74) is 7.72. The van der Waals surface area contributed by atoms with E-state index in [1.165, 1.54) is 37.8 Å². The zero-order valence-electron chi connectivity index (χ0n) is 20.9. The summed E-state index contributed by atoms with van der Waals surface area (Å²) in [6.07, 6.45) is 1.39. The predicted octanol–water partition coefficient (Wildman–Crippen LogP) is 4.18. The number of methoxy groups -OCH3 is 1. The number of rotatable bonds is 7. The van der Waals surface area contributed by atoms with Gasteiger partial charge in [-0.25, -0.2) is 14.4 Å². The van der Waals surface area contributed by atoms with Gasteiger partial charge in [-0.2, -0.15) is 18.3 Å². The second-order valence-electron chi connectivity index (χ2n) is 9.06. The number of hydrogen-bond acceptors (Lipinski definition) is 9. The van der Waals surface area contributed by atoms with Crippen molar-refractivity contribution < 1.29 is 22.3 Å². The fraction of sp³-hybridized carbons (Fsp3) is 0.320. The number of nitrogens with two attached hydrogens (primary N) is 1. The van der Waals surface area contributed by atoms with Gasteiger partial charge in [0.1, 0.15) is 29.6 Å². The van der Waals surface area contributed by atoms with Crippen LogP contribution in [0.25, 0.3) is 22.6 Å². The summed E-state index contributed by atoms with van der Waals surface area (Å²) in [5.74, 6) is 0.503. The van der Waals surface area contributed by atoms with Gasteiger partial charge < -0.3 is 20.7 Å². The van der Waals surface area contributed by atoms with Gasteiger partial charge in [-0.1, -0.05) is 6.07 Å². The monoisotopic (exact) mass is 543 g/mol. The fourth-order valence-electron chi connectivity index (χ4n) is 4.45. The van der Waals surface area contributed by atoms with E-state index in [9.17, 15) is 17.6 Å². The smallest absolute Gasteiger partial charge is 0.408 e. The molecule has 14 heteroatoms. The van der Waals surface area contributed by atoms with Gasteiger partial charge in [0.05, 0.1) is 24.6 Å². The zero-order valence-corrected chi connectivity index (χ0v) is 20.9. The predicted molar refractivity (Wildman–Crippen MR) is 136 cm³/mol. The van der Waals surface area contributed by atoms with Crippen LogP contribution in [0.2, 0.25) is 0 Å². The van der Waals surface area contributed by atoms with E-state index < -0.39 is 18.5 Å². The van der Waals surface area contributed by atoms with Crippen LogP contribution < -0.4 is 20.7 Å². The average Bonchev–Trinajstić information content (AvgIpc) is 3.35. The van der Waals surface area contributed by atoms with Gasteiger partial charge in [-0.3, -0.25) is 4.68 Å². The van der Waals surface area contributed by atoms with Crippen molar-refractivity contribution in [2.75, 3.05) is 30.4 Å². The molecule has 1 saturated heterocycles. The third kappa shape index (κ3) is 6.06. The molecule has 0 saturated carbocycles. The first-order chi connectivity index (χ1) is 18.7. The molecule has 1 aliphatic rings. The average molecular weight is 544 g/mol. The van der Waals surface area contributed by atoms with Gasteiger partial charge >= 0.3 is 6.18 Å². The van der Waals surface area contributed by atoms with Crippen molar-refractivity contribution in [3.05, 3.63) is 54.7 Å². The molecule has 39 heavy (non-hydrogen) atoms. The summed E-state index contributed by atoms with van der Waals surface area (Å²) in [5, 5.41) is 15.5. The molecular weight excluding hydrogens is 518 g/mol. The first-order valence-corrected chi connectivity index (χ1v) is 12.1. The molecule has 0 aliphatic carbocycles. The number of piperidine rings is 1. The Morgan fingerprint density at radius 2 is 2.03 bits per heavy atom. The van der Waals surface area contributed by atoms with Crippen LogP contribution >= 0.6 is 0 Å². The van der Waals surface area contributed by atoms with Crippen molar-refractivity contribution in [1.82, 2.24) is 29.9 Å². The second-order valence-corrected chi connectivity index (χ2v) is 9.06. The lowest BCUT2D eigenvalue weighted by molar-refractivity contribution is -0.142. The van der Waals surface area contributed by atoms with Crippen LogP contribution in [0.3, 0.4) is 0 Å². The molecule has 5 rings (SSSR count). The normalized spacial score (nSPS) is 15.8. The number of nitrogens with zero attached hydrogens (tertiary/aromatic N) is 7. The highest BCUT2D eigenvalue weighted by atomic mass is 19.4. The zero-order chi connectivity index (χ0) is 27.6. The van der Waals surface area contributed by atoms with Crippen LogP contribution in [0, 0.1) is 5.82 Å². The minimum absolute atomic E-state index is 0.0655. The molecule has 4 aromatic rings. The molecule has 1 aromatic carbocycles. The highest BCUT2D eigenvalue weighted by Crippen LogP contribution is 2.34. The molecule has 0 amide bonds. The van der Waals surface area contributed by atoms with Gasteiger partial charge in [-0.05, 0) is 31.0 Å². The van der Waals surface area contributed by atoms with Crippen LogP contribution in [0.4, 0.5) is 34.9 Å². The maximum Gasteiger partial charge on any atom is 0.408 e. The molecule has 0 spiro atoms. The summed E-state index contributed by atoms with van der Waals surface area (Å²) in [6.45, 7) is 0.0135. The highest BCUT2D eigenvalue weighted by Gasteiger charge is 2.29. The summed E-state index contributed by atoms with van der Waals surface area (Å²) in [6, 6.07) is 7.68. The van der Waals surface area contributed by atoms with Crippen molar-refractivity contribution in [1.29, 1.82) is 0 Å². The maximum atomic E-state index is 14.6. The van der Waals surface area contributed by atoms with Gasteiger partial charge in [0.2, 0.25) is 0 Å². The van der Waals surface area contributed by atoms with Crippen LogP contribution in [-0.2, 0) is 6.54 Å². The van der Waals surface area contributed by atoms with E-state index in [-0.39, 0.29) is 23.2 Å². The number of nitrogens with one attached hydrogen (secondary N) is 1. The number of aromatic nitrogens is 6. The molecule has 0 bridgehead atoms. The standard InChI is InChI=1S/C25H25F4N9O/c1-39-19-6-2-5-17(26)22(19)24-31-8-7-20(34-24)33-21-10-18(37-9-3-4-16(30)13-37)23(36-35-21)15-11-32-38(12-15)14-25(27,28)29/h2,5-8,10-12,16H,3-4,9,13-14,30H2,1H3,(H,31,33,34,35)/t16-/m0/s1. The lowest BCUT2D eigenvalue weighted by Crippen LogP contribution is -2.43. The second kappa shape index (κ2) is 10.8.